The van der Waals surface area contributed by atoms with E-state index in [-0.39, 0.29) is 18.2 Å². The van der Waals surface area contributed by atoms with Crippen molar-refractivity contribution in [1.29, 1.82) is 0 Å². The third kappa shape index (κ3) is 5.04. The van der Waals surface area contributed by atoms with E-state index >= 15 is 0 Å². The van der Waals surface area contributed by atoms with Crippen molar-refractivity contribution in [2.24, 2.45) is 0 Å². The molecule has 1 atom stereocenters. The Morgan fingerprint density at radius 1 is 1.28 bits per heavy atom. The topological polar surface area (TPSA) is 76.6 Å². The minimum Gasteiger partial charge on any atom is -0.444 e. The summed E-state index contributed by atoms with van der Waals surface area (Å²) in [5, 5.41) is 2.96. The number of rotatable bonds is 3. The molecule has 25 heavy (non-hydrogen) atoms. The summed E-state index contributed by atoms with van der Waals surface area (Å²) < 4.78 is 11.0. The van der Waals surface area contributed by atoms with Gasteiger partial charge in [-0.25, -0.2) is 14.8 Å². The number of nitrogens with one attached hydrogen (secondary N) is 1. The van der Waals surface area contributed by atoms with E-state index in [1.165, 1.54) is 0 Å². The highest BCUT2D eigenvalue weighted by molar-refractivity contribution is 5.68. The van der Waals surface area contributed by atoms with Crippen molar-refractivity contribution in [3.63, 3.8) is 0 Å². The third-order valence-corrected chi connectivity index (χ3v) is 4.47. The molecule has 1 unspecified atom stereocenters. The smallest absolute Gasteiger partial charge is 0.407 e. The molecule has 138 valence electrons. The summed E-state index contributed by atoms with van der Waals surface area (Å²) in [7, 11) is 0. The second-order valence-electron chi connectivity index (χ2n) is 7.71. The fourth-order valence-corrected chi connectivity index (χ4v) is 3.25. The monoisotopic (exact) mass is 348 g/mol. The van der Waals surface area contributed by atoms with E-state index in [1.54, 1.807) is 6.33 Å². The first-order valence-electron chi connectivity index (χ1n) is 9.09. The number of piperidine rings is 1. The standard InChI is InChI=1S/C18H28N4O3/c1-18(2,3)25-17(23)21-13-6-8-22(9-7-13)16-11-14(19-12-20-16)15-5-4-10-24-15/h11-13,15H,4-10H2,1-3H3,(H,21,23). The lowest BCUT2D eigenvalue weighted by Crippen LogP contribution is -2.46. The minimum atomic E-state index is -0.468. The molecule has 2 saturated heterocycles. The zero-order valence-electron chi connectivity index (χ0n) is 15.3. The summed E-state index contributed by atoms with van der Waals surface area (Å²) in [6.45, 7) is 8.12. The number of anilines is 1. The Balaban J connectivity index is 1.52. The van der Waals surface area contributed by atoms with Crippen LogP contribution in [0.3, 0.4) is 0 Å². The largest absolute Gasteiger partial charge is 0.444 e. The number of carbonyl (C=O) groups is 1. The fraction of sp³-hybridized carbons (Fsp3) is 0.722. The summed E-state index contributed by atoms with van der Waals surface area (Å²) in [6, 6.07) is 2.18. The predicted molar refractivity (Wildman–Crippen MR) is 94.6 cm³/mol. The van der Waals surface area contributed by atoms with Gasteiger partial charge in [0.1, 0.15) is 17.7 Å². The molecule has 2 aliphatic rings. The number of ether oxygens (including phenoxy) is 2. The second-order valence-corrected chi connectivity index (χ2v) is 7.71. The molecule has 1 aromatic rings. The molecule has 0 bridgehead atoms. The van der Waals surface area contributed by atoms with Crippen molar-refractivity contribution in [2.45, 2.75) is 64.2 Å². The molecule has 0 aromatic carbocycles. The van der Waals surface area contributed by atoms with Gasteiger partial charge in [0.15, 0.2) is 0 Å². The number of amides is 1. The molecule has 2 fully saturated rings. The van der Waals surface area contributed by atoms with Crippen LogP contribution in [0.4, 0.5) is 10.6 Å². The quantitative estimate of drug-likeness (QED) is 0.905. The number of aromatic nitrogens is 2. The Hall–Kier alpha value is -1.89. The van der Waals surface area contributed by atoms with Gasteiger partial charge in [-0.1, -0.05) is 0 Å². The molecule has 0 aliphatic carbocycles. The predicted octanol–water partition coefficient (Wildman–Crippen LogP) is 2.82. The zero-order chi connectivity index (χ0) is 17.9. The van der Waals surface area contributed by atoms with Crippen LogP contribution in [0.5, 0.6) is 0 Å². The maximum Gasteiger partial charge on any atom is 0.407 e. The van der Waals surface area contributed by atoms with Crippen molar-refractivity contribution in [1.82, 2.24) is 15.3 Å². The van der Waals surface area contributed by atoms with E-state index in [9.17, 15) is 4.79 Å². The SMILES string of the molecule is CC(C)(C)OC(=O)NC1CCN(c2cc(C3CCCO3)ncn2)CC1. The van der Waals surface area contributed by atoms with Crippen LogP contribution in [-0.4, -0.2) is 47.4 Å². The third-order valence-electron chi connectivity index (χ3n) is 4.47. The Morgan fingerprint density at radius 2 is 2.04 bits per heavy atom. The van der Waals surface area contributed by atoms with Crippen molar-refractivity contribution in [3.8, 4) is 0 Å². The van der Waals surface area contributed by atoms with Crippen LogP contribution < -0.4 is 10.2 Å². The first-order valence-corrected chi connectivity index (χ1v) is 9.09. The molecular formula is C18H28N4O3. The van der Waals surface area contributed by atoms with Gasteiger partial charge < -0.3 is 19.7 Å². The normalized spacial score (nSPS) is 22.0. The Bertz CT molecular complexity index is 588. The van der Waals surface area contributed by atoms with E-state index in [4.69, 9.17) is 9.47 Å². The second kappa shape index (κ2) is 7.56. The lowest BCUT2D eigenvalue weighted by molar-refractivity contribution is 0.0497. The molecule has 3 rings (SSSR count). The molecule has 3 heterocycles. The summed E-state index contributed by atoms with van der Waals surface area (Å²) >= 11 is 0. The van der Waals surface area contributed by atoms with Crippen molar-refractivity contribution in [3.05, 3.63) is 18.1 Å². The molecule has 7 heteroatoms. The van der Waals surface area contributed by atoms with Crippen molar-refractivity contribution >= 4 is 11.9 Å². The maximum atomic E-state index is 11.9. The van der Waals surface area contributed by atoms with E-state index < -0.39 is 5.60 Å². The molecule has 1 N–H and O–H groups in total. The van der Waals surface area contributed by atoms with Crippen LogP contribution in [0.2, 0.25) is 0 Å². The molecule has 1 amide bonds. The van der Waals surface area contributed by atoms with Gasteiger partial charge in [0, 0.05) is 31.8 Å². The summed E-state index contributed by atoms with van der Waals surface area (Å²) in [6.07, 6.45) is 5.25. The van der Waals surface area contributed by atoms with Gasteiger partial charge in [-0.3, -0.25) is 0 Å². The van der Waals surface area contributed by atoms with Crippen LogP contribution in [0.25, 0.3) is 0 Å². The van der Waals surface area contributed by atoms with Crippen LogP contribution in [0.1, 0.15) is 58.3 Å². The number of nitrogens with zero attached hydrogens (tertiary/aromatic N) is 3. The van der Waals surface area contributed by atoms with E-state index in [0.29, 0.717) is 0 Å². The highest BCUT2D eigenvalue weighted by Gasteiger charge is 2.25. The van der Waals surface area contributed by atoms with Crippen LogP contribution >= 0.6 is 0 Å². The summed E-state index contributed by atoms with van der Waals surface area (Å²) in [5.41, 5.74) is 0.501. The Kier molecular flexibility index (Phi) is 5.42. The van der Waals surface area contributed by atoms with Crippen molar-refractivity contribution < 1.29 is 14.3 Å². The highest BCUT2D eigenvalue weighted by Crippen LogP contribution is 2.29. The maximum absolute atomic E-state index is 11.9. The number of hydrogen-bond donors (Lipinski definition) is 1. The number of alkyl carbamates (subject to hydrolysis) is 1. The van der Waals surface area contributed by atoms with E-state index in [2.05, 4.69) is 20.2 Å². The lowest BCUT2D eigenvalue weighted by Gasteiger charge is -2.33. The van der Waals surface area contributed by atoms with E-state index in [0.717, 1.165) is 56.9 Å². The van der Waals surface area contributed by atoms with Gasteiger partial charge in [0.25, 0.3) is 0 Å². The molecule has 7 nitrogen and oxygen atoms in total. The number of carbonyl (C=O) groups excluding carboxylic acids is 1. The molecule has 0 radical (unpaired) electrons. The molecule has 2 aliphatic heterocycles. The van der Waals surface area contributed by atoms with Crippen LogP contribution in [0.15, 0.2) is 12.4 Å². The lowest BCUT2D eigenvalue weighted by atomic mass is 10.1. The first-order chi connectivity index (χ1) is 11.9. The number of hydrogen-bond acceptors (Lipinski definition) is 6. The summed E-state index contributed by atoms with van der Waals surface area (Å²) in [5.74, 6) is 0.941. The van der Waals surface area contributed by atoms with E-state index in [1.807, 2.05) is 26.8 Å². The van der Waals surface area contributed by atoms with Crippen LogP contribution in [-0.2, 0) is 9.47 Å². The van der Waals surface area contributed by atoms with Gasteiger partial charge in [-0.05, 0) is 46.5 Å². The minimum absolute atomic E-state index is 0.105. The van der Waals surface area contributed by atoms with Crippen LogP contribution in [0, 0.1) is 0 Å². The Morgan fingerprint density at radius 3 is 2.68 bits per heavy atom. The van der Waals surface area contributed by atoms with Gasteiger partial charge in [0.2, 0.25) is 0 Å². The fourth-order valence-electron chi connectivity index (χ4n) is 3.25. The average Bonchev–Trinajstić information content (AvgIpc) is 3.08. The highest BCUT2D eigenvalue weighted by atomic mass is 16.6. The van der Waals surface area contributed by atoms with Gasteiger partial charge in [0.05, 0.1) is 11.8 Å². The summed E-state index contributed by atoms with van der Waals surface area (Å²) in [4.78, 5) is 22.9. The average molecular weight is 348 g/mol. The Labute approximate surface area is 149 Å². The van der Waals surface area contributed by atoms with Crippen molar-refractivity contribution in [2.75, 3.05) is 24.6 Å². The molecule has 0 saturated carbocycles. The van der Waals surface area contributed by atoms with Gasteiger partial charge >= 0.3 is 6.09 Å². The molecule has 0 spiro atoms. The molecular weight excluding hydrogens is 320 g/mol. The first kappa shape index (κ1) is 17.9. The van der Waals surface area contributed by atoms with Gasteiger partial charge in [-0.15, -0.1) is 0 Å². The molecule has 1 aromatic heterocycles. The van der Waals surface area contributed by atoms with Gasteiger partial charge in [-0.2, -0.15) is 0 Å². The zero-order valence-corrected chi connectivity index (χ0v) is 15.3.